The van der Waals surface area contributed by atoms with Crippen molar-refractivity contribution in [3.8, 4) is 5.75 Å². The summed E-state index contributed by atoms with van der Waals surface area (Å²) in [5.41, 5.74) is -0.00375. The van der Waals surface area contributed by atoms with E-state index in [-0.39, 0.29) is 35.6 Å². The van der Waals surface area contributed by atoms with Crippen molar-refractivity contribution in [2.24, 2.45) is 0 Å². The van der Waals surface area contributed by atoms with E-state index in [0.717, 1.165) is 12.8 Å². The minimum atomic E-state index is -0.580. The summed E-state index contributed by atoms with van der Waals surface area (Å²) < 4.78 is 4.90. The van der Waals surface area contributed by atoms with E-state index in [4.69, 9.17) is 4.74 Å². The molecule has 0 spiro atoms. The first kappa shape index (κ1) is 14.3. The summed E-state index contributed by atoms with van der Waals surface area (Å²) >= 11 is 0. The Hall–Kier alpha value is -2.15. The van der Waals surface area contributed by atoms with Crippen LogP contribution in [0.25, 0.3) is 0 Å². The molecule has 1 atom stereocenters. The number of rotatable bonds is 4. The molecule has 0 radical (unpaired) electrons. The van der Waals surface area contributed by atoms with Crippen molar-refractivity contribution in [1.82, 2.24) is 4.90 Å². The molecule has 2 rings (SSSR count). The van der Waals surface area contributed by atoms with Crippen LogP contribution in [0, 0.1) is 10.1 Å². The van der Waals surface area contributed by atoms with Crippen LogP contribution in [0.15, 0.2) is 18.2 Å². The number of benzene rings is 1. The molecule has 1 saturated heterocycles. The molecule has 0 aliphatic carbocycles. The number of aliphatic hydroxyl groups excluding tert-OH is 1. The molecule has 1 amide bonds. The number of amides is 1. The van der Waals surface area contributed by atoms with Crippen LogP contribution in [0.1, 0.15) is 23.2 Å². The smallest absolute Gasteiger partial charge is 0.311 e. The number of aliphatic hydroxyl groups is 1. The molecule has 7 heteroatoms. The van der Waals surface area contributed by atoms with Gasteiger partial charge >= 0.3 is 5.69 Å². The second-order valence-electron chi connectivity index (χ2n) is 4.62. The second-order valence-corrected chi connectivity index (χ2v) is 4.62. The summed E-state index contributed by atoms with van der Waals surface area (Å²) in [6.07, 6.45) is 1.58. The average molecular weight is 280 g/mol. The van der Waals surface area contributed by atoms with E-state index in [0.29, 0.717) is 6.54 Å². The largest absolute Gasteiger partial charge is 0.490 e. The Morgan fingerprint density at radius 2 is 2.35 bits per heavy atom. The number of carbonyl (C=O) groups is 1. The molecule has 20 heavy (non-hydrogen) atoms. The van der Waals surface area contributed by atoms with Crippen LogP contribution in [0.4, 0.5) is 5.69 Å². The van der Waals surface area contributed by atoms with Gasteiger partial charge < -0.3 is 14.7 Å². The van der Waals surface area contributed by atoms with Crippen molar-refractivity contribution in [1.29, 1.82) is 0 Å². The Bertz CT molecular complexity index is 531. The fourth-order valence-electron chi connectivity index (χ4n) is 2.42. The van der Waals surface area contributed by atoms with E-state index in [1.807, 2.05) is 0 Å². The van der Waals surface area contributed by atoms with Gasteiger partial charge in [0.25, 0.3) is 5.91 Å². The van der Waals surface area contributed by atoms with E-state index in [9.17, 15) is 20.0 Å². The van der Waals surface area contributed by atoms with E-state index >= 15 is 0 Å². The van der Waals surface area contributed by atoms with E-state index < -0.39 is 4.92 Å². The maximum absolute atomic E-state index is 12.3. The predicted octanol–water partition coefficient (Wildman–Crippen LogP) is 1.20. The number of hydrogen-bond donors (Lipinski definition) is 1. The molecule has 0 saturated carbocycles. The number of nitrogens with zero attached hydrogens (tertiary/aromatic N) is 2. The molecule has 1 heterocycles. The molecule has 1 unspecified atom stereocenters. The highest BCUT2D eigenvalue weighted by Gasteiger charge is 2.30. The lowest BCUT2D eigenvalue weighted by molar-refractivity contribution is -0.385. The van der Waals surface area contributed by atoms with Crippen molar-refractivity contribution in [2.75, 3.05) is 20.3 Å². The Kier molecular flexibility index (Phi) is 4.19. The number of nitro groups is 1. The first-order valence-electron chi connectivity index (χ1n) is 6.32. The highest BCUT2D eigenvalue weighted by molar-refractivity contribution is 5.95. The van der Waals surface area contributed by atoms with Gasteiger partial charge in [-0.05, 0) is 25.0 Å². The number of carbonyl (C=O) groups excluding carboxylic acids is 1. The number of methoxy groups -OCH3 is 1. The molecule has 1 N–H and O–H groups in total. The summed E-state index contributed by atoms with van der Waals surface area (Å²) in [7, 11) is 1.34. The maximum atomic E-state index is 12.3. The van der Waals surface area contributed by atoms with E-state index in [2.05, 4.69) is 0 Å². The molecule has 108 valence electrons. The number of likely N-dealkylation sites (tertiary alicyclic amines) is 1. The van der Waals surface area contributed by atoms with Crippen LogP contribution < -0.4 is 4.74 Å². The van der Waals surface area contributed by atoms with Gasteiger partial charge in [-0.15, -0.1) is 0 Å². The molecule has 1 aliphatic heterocycles. The van der Waals surface area contributed by atoms with Gasteiger partial charge in [0.05, 0.1) is 24.7 Å². The fraction of sp³-hybridized carbons (Fsp3) is 0.462. The zero-order valence-corrected chi connectivity index (χ0v) is 11.1. The molecule has 1 fully saturated rings. The van der Waals surface area contributed by atoms with Crippen LogP contribution in [0.2, 0.25) is 0 Å². The van der Waals surface area contributed by atoms with Crippen LogP contribution >= 0.6 is 0 Å². The summed E-state index contributed by atoms with van der Waals surface area (Å²) in [5.74, 6) is -0.181. The third-order valence-electron chi connectivity index (χ3n) is 3.47. The highest BCUT2D eigenvalue weighted by Crippen LogP contribution is 2.29. The van der Waals surface area contributed by atoms with E-state index in [1.54, 1.807) is 4.90 Å². The average Bonchev–Trinajstić information content (AvgIpc) is 2.94. The quantitative estimate of drug-likeness (QED) is 0.660. The lowest BCUT2D eigenvalue weighted by Crippen LogP contribution is -2.37. The van der Waals surface area contributed by atoms with Crippen molar-refractivity contribution >= 4 is 11.6 Å². The lowest BCUT2D eigenvalue weighted by Gasteiger charge is -2.23. The van der Waals surface area contributed by atoms with Crippen molar-refractivity contribution in [3.63, 3.8) is 0 Å². The fourth-order valence-corrected chi connectivity index (χ4v) is 2.42. The zero-order valence-electron chi connectivity index (χ0n) is 11.1. The van der Waals surface area contributed by atoms with Crippen LogP contribution in [0.3, 0.4) is 0 Å². The topological polar surface area (TPSA) is 92.9 Å². The molecule has 1 aromatic rings. The van der Waals surface area contributed by atoms with Crippen LogP contribution in [0.5, 0.6) is 5.75 Å². The van der Waals surface area contributed by atoms with Gasteiger partial charge in [0.15, 0.2) is 5.75 Å². The summed E-state index contributed by atoms with van der Waals surface area (Å²) in [6, 6.07) is 3.92. The first-order chi connectivity index (χ1) is 9.58. The molecule has 7 nitrogen and oxygen atoms in total. The van der Waals surface area contributed by atoms with Gasteiger partial charge in [0.2, 0.25) is 0 Å². The normalized spacial score (nSPS) is 18.1. The molecule has 0 bridgehead atoms. The Balaban J connectivity index is 2.31. The molecule has 0 aromatic heterocycles. The SMILES string of the molecule is COc1ccc(C(=O)N2CCCC2CO)cc1[N+](=O)[O-]. The third kappa shape index (κ3) is 2.57. The first-order valence-corrected chi connectivity index (χ1v) is 6.32. The minimum Gasteiger partial charge on any atom is -0.490 e. The number of nitro benzene ring substituents is 1. The van der Waals surface area contributed by atoms with Gasteiger partial charge in [0, 0.05) is 18.2 Å². The monoisotopic (exact) mass is 280 g/mol. The third-order valence-corrected chi connectivity index (χ3v) is 3.47. The van der Waals surface area contributed by atoms with E-state index in [1.165, 1.54) is 25.3 Å². The van der Waals surface area contributed by atoms with Crippen molar-refractivity contribution < 1.29 is 19.6 Å². The van der Waals surface area contributed by atoms with Crippen LogP contribution in [-0.2, 0) is 0 Å². The van der Waals surface area contributed by atoms with Gasteiger partial charge in [-0.1, -0.05) is 0 Å². The Labute approximate surface area is 115 Å². The minimum absolute atomic E-state index is 0.0933. The Morgan fingerprint density at radius 1 is 1.60 bits per heavy atom. The van der Waals surface area contributed by atoms with Gasteiger partial charge in [-0.2, -0.15) is 0 Å². The summed E-state index contributed by atoms with van der Waals surface area (Å²) in [5, 5.41) is 20.2. The lowest BCUT2D eigenvalue weighted by atomic mass is 10.1. The predicted molar refractivity (Wildman–Crippen MR) is 70.8 cm³/mol. The second kappa shape index (κ2) is 5.87. The molecule has 1 aliphatic rings. The van der Waals surface area contributed by atoms with Crippen LogP contribution in [-0.4, -0.2) is 47.1 Å². The van der Waals surface area contributed by atoms with Crippen molar-refractivity contribution in [2.45, 2.75) is 18.9 Å². The maximum Gasteiger partial charge on any atom is 0.311 e. The van der Waals surface area contributed by atoms with Gasteiger partial charge in [-0.25, -0.2) is 0 Å². The summed E-state index contributed by atoms with van der Waals surface area (Å²) in [4.78, 5) is 24.3. The number of hydrogen-bond acceptors (Lipinski definition) is 5. The molecular formula is C13H16N2O5. The standard InChI is InChI=1S/C13H16N2O5/c1-20-12-5-4-9(7-11(12)15(18)19)13(17)14-6-2-3-10(14)8-16/h4-5,7,10,16H,2-3,6,8H2,1H3. The molecule has 1 aromatic carbocycles. The van der Waals surface area contributed by atoms with Crippen molar-refractivity contribution in [3.05, 3.63) is 33.9 Å². The Morgan fingerprint density at radius 3 is 2.95 bits per heavy atom. The zero-order chi connectivity index (χ0) is 14.7. The summed E-state index contributed by atoms with van der Waals surface area (Å²) in [6.45, 7) is 0.466. The number of ether oxygens (including phenoxy) is 1. The molecular weight excluding hydrogens is 264 g/mol. The van der Waals surface area contributed by atoms with Gasteiger partial charge in [0.1, 0.15) is 0 Å². The highest BCUT2D eigenvalue weighted by atomic mass is 16.6. The van der Waals surface area contributed by atoms with Gasteiger partial charge in [-0.3, -0.25) is 14.9 Å².